The molecule has 0 aliphatic carbocycles. The molecule has 1 unspecified atom stereocenters. The van der Waals surface area contributed by atoms with Gasteiger partial charge in [0.2, 0.25) is 0 Å². The van der Waals surface area contributed by atoms with E-state index in [0.29, 0.717) is 11.1 Å². The van der Waals surface area contributed by atoms with Crippen molar-refractivity contribution in [2.45, 2.75) is 18.2 Å². The van der Waals surface area contributed by atoms with Crippen LogP contribution in [0.3, 0.4) is 0 Å². The molecule has 1 aromatic carbocycles. The molecule has 0 bridgehead atoms. The third-order valence-corrected chi connectivity index (χ3v) is 3.37. The van der Waals surface area contributed by atoms with Gasteiger partial charge in [-0.3, -0.25) is 0 Å². The zero-order chi connectivity index (χ0) is 12.0. The molecule has 0 spiro atoms. The number of benzene rings is 1. The molecule has 0 radical (unpaired) electrons. The number of hydrogen-bond acceptors (Lipinski definition) is 3. The first-order chi connectivity index (χ1) is 7.28. The molecule has 0 aromatic heterocycles. The van der Waals surface area contributed by atoms with Crippen LogP contribution in [0.4, 0.5) is 13.2 Å². The number of halogens is 3. The van der Waals surface area contributed by atoms with E-state index in [0.717, 1.165) is 5.75 Å². The summed E-state index contributed by atoms with van der Waals surface area (Å²) < 4.78 is 40.1. The highest BCUT2D eigenvalue weighted by molar-refractivity contribution is 8.07. The molecule has 1 saturated heterocycles. The van der Waals surface area contributed by atoms with E-state index in [1.54, 1.807) is 13.0 Å². The maximum atomic E-state index is 12.1. The molecule has 1 aliphatic heterocycles. The monoisotopic (exact) mass is 249 g/mol. The number of nitrogens with two attached hydrogens (primary N) is 1. The topological polar surface area (TPSA) is 35.2 Å². The van der Waals surface area contributed by atoms with Crippen LogP contribution in [0.5, 0.6) is 5.75 Å². The van der Waals surface area contributed by atoms with Gasteiger partial charge in [-0.05, 0) is 30.2 Å². The first-order valence-electron chi connectivity index (χ1n) is 4.59. The predicted molar refractivity (Wildman–Crippen MR) is 56.2 cm³/mol. The normalized spacial score (nSPS) is 24.3. The first-order valence-corrected chi connectivity index (χ1v) is 5.58. The van der Waals surface area contributed by atoms with E-state index in [1.807, 2.05) is 0 Å². The van der Waals surface area contributed by atoms with Crippen LogP contribution in [0.25, 0.3) is 0 Å². The van der Waals surface area contributed by atoms with Crippen LogP contribution in [0, 0.1) is 6.92 Å². The van der Waals surface area contributed by atoms with Gasteiger partial charge in [-0.15, -0.1) is 24.9 Å². The minimum Gasteiger partial charge on any atom is -0.406 e. The fourth-order valence-electron chi connectivity index (χ4n) is 1.43. The Kier molecular flexibility index (Phi) is 2.58. The van der Waals surface area contributed by atoms with Crippen LogP contribution in [0.15, 0.2) is 18.2 Å². The van der Waals surface area contributed by atoms with Crippen molar-refractivity contribution < 1.29 is 17.9 Å². The maximum Gasteiger partial charge on any atom is 0.573 e. The number of ether oxygens (including phenoxy) is 1. The highest BCUT2D eigenvalue weighted by Gasteiger charge is 2.42. The Hall–Kier alpha value is -0.880. The molecule has 2 N–H and O–H groups in total. The average Bonchev–Trinajstić information content (AvgIpc) is 2.80. The van der Waals surface area contributed by atoms with Gasteiger partial charge < -0.3 is 10.5 Å². The SMILES string of the molecule is Cc1cc(OC(F)(F)F)cc(C2(N)CS2)c1. The highest BCUT2D eigenvalue weighted by atomic mass is 32.2. The van der Waals surface area contributed by atoms with Gasteiger partial charge in [-0.2, -0.15) is 0 Å². The molecule has 1 heterocycles. The zero-order valence-electron chi connectivity index (χ0n) is 8.47. The van der Waals surface area contributed by atoms with E-state index in [-0.39, 0.29) is 5.75 Å². The molecule has 88 valence electrons. The van der Waals surface area contributed by atoms with Gasteiger partial charge in [-0.1, -0.05) is 6.07 Å². The van der Waals surface area contributed by atoms with Crippen LogP contribution in [-0.4, -0.2) is 12.1 Å². The van der Waals surface area contributed by atoms with Crippen molar-refractivity contribution in [1.82, 2.24) is 0 Å². The van der Waals surface area contributed by atoms with E-state index in [9.17, 15) is 13.2 Å². The fraction of sp³-hybridized carbons (Fsp3) is 0.400. The summed E-state index contributed by atoms with van der Waals surface area (Å²) in [5, 5.41) is 0. The Labute approximate surface area is 95.0 Å². The standard InChI is InChI=1S/C10H10F3NOS/c1-6-2-7(9(14)5-16-9)4-8(3-6)15-10(11,12)13/h2-4H,5,14H2,1H3. The van der Waals surface area contributed by atoms with Crippen molar-refractivity contribution >= 4 is 11.8 Å². The van der Waals surface area contributed by atoms with Crippen LogP contribution >= 0.6 is 11.8 Å². The summed E-state index contributed by atoms with van der Waals surface area (Å²) in [5.74, 6) is 0.516. The lowest BCUT2D eigenvalue weighted by Gasteiger charge is -2.13. The second kappa shape index (κ2) is 3.56. The Morgan fingerprint density at radius 2 is 2.00 bits per heavy atom. The fourth-order valence-corrected chi connectivity index (χ4v) is 2.04. The number of rotatable bonds is 2. The van der Waals surface area contributed by atoms with Crippen LogP contribution in [0.2, 0.25) is 0 Å². The number of alkyl halides is 3. The lowest BCUT2D eigenvalue weighted by Crippen LogP contribution is -2.21. The molecule has 1 aromatic rings. The molecule has 0 saturated carbocycles. The minimum atomic E-state index is -4.66. The van der Waals surface area contributed by atoms with E-state index in [4.69, 9.17) is 5.73 Å². The van der Waals surface area contributed by atoms with Crippen molar-refractivity contribution in [3.63, 3.8) is 0 Å². The van der Waals surface area contributed by atoms with Gasteiger partial charge in [-0.25, -0.2) is 0 Å². The second-order valence-electron chi connectivity index (χ2n) is 3.76. The van der Waals surface area contributed by atoms with E-state index in [2.05, 4.69) is 4.74 Å². The Balaban J connectivity index is 2.29. The molecular weight excluding hydrogens is 239 g/mol. The van der Waals surface area contributed by atoms with E-state index >= 15 is 0 Å². The maximum absolute atomic E-state index is 12.1. The highest BCUT2D eigenvalue weighted by Crippen LogP contribution is 2.49. The summed E-state index contributed by atoms with van der Waals surface area (Å²) in [5.41, 5.74) is 7.28. The van der Waals surface area contributed by atoms with Gasteiger partial charge in [0, 0.05) is 5.75 Å². The van der Waals surface area contributed by atoms with Gasteiger partial charge >= 0.3 is 6.36 Å². The van der Waals surface area contributed by atoms with Crippen molar-refractivity contribution in [3.8, 4) is 5.75 Å². The lowest BCUT2D eigenvalue weighted by molar-refractivity contribution is -0.274. The summed E-state index contributed by atoms with van der Waals surface area (Å²) in [4.78, 5) is -0.532. The van der Waals surface area contributed by atoms with Crippen LogP contribution in [-0.2, 0) is 4.87 Å². The van der Waals surface area contributed by atoms with E-state index in [1.165, 1.54) is 23.9 Å². The summed E-state index contributed by atoms with van der Waals surface area (Å²) >= 11 is 1.50. The lowest BCUT2D eigenvalue weighted by atomic mass is 10.1. The molecular formula is C10H10F3NOS. The summed E-state index contributed by atoms with van der Waals surface area (Å²) in [6.45, 7) is 1.71. The number of aryl methyl sites for hydroxylation is 1. The molecule has 2 nitrogen and oxygen atoms in total. The Morgan fingerprint density at radius 1 is 1.38 bits per heavy atom. The molecule has 1 atom stereocenters. The molecule has 6 heteroatoms. The zero-order valence-corrected chi connectivity index (χ0v) is 9.28. The summed E-state index contributed by atoms with van der Waals surface area (Å²) in [7, 11) is 0. The van der Waals surface area contributed by atoms with Crippen LogP contribution in [0.1, 0.15) is 11.1 Å². The van der Waals surface area contributed by atoms with Crippen molar-refractivity contribution in [3.05, 3.63) is 29.3 Å². The summed E-state index contributed by atoms with van der Waals surface area (Å²) in [6, 6.07) is 4.47. The smallest absolute Gasteiger partial charge is 0.406 e. The Bertz CT molecular complexity index is 415. The Morgan fingerprint density at radius 3 is 2.50 bits per heavy atom. The molecule has 1 aliphatic rings. The molecule has 2 rings (SSSR count). The summed E-state index contributed by atoms with van der Waals surface area (Å²) in [6.07, 6.45) is -4.66. The molecule has 16 heavy (non-hydrogen) atoms. The number of hydrogen-bond donors (Lipinski definition) is 1. The van der Waals surface area contributed by atoms with Gasteiger partial charge in [0.25, 0.3) is 0 Å². The average molecular weight is 249 g/mol. The molecule has 0 amide bonds. The number of thioether (sulfide) groups is 1. The van der Waals surface area contributed by atoms with Crippen molar-refractivity contribution in [1.29, 1.82) is 0 Å². The van der Waals surface area contributed by atoms with Crippen molar-refractivity contribution in [2.75, 3.05) is 5.75 Å². The quantitative estimate of drug-likeness (QED) is 0.818. The van der Waals surface area contributed by atoms with E-state index < -0.39 is 11.2 Å². The van der Waals surface area contributed by atoms with Gasteiger partial charge in [0.05, 0.1) is 4.87 Å². The van der Waals surface area contributed by atoms with Crippen LogP contribution < -0.4 is 10.5 Å². The first kappa shape index (κ1) is 11.6. The second-order valence-corrected chi connectivity index (χ2v) is 5.07. The van der Waals surface area contributed by atoms with Gasteiger partial charge in [0.15, 0.2) is 0 Å². The van der Waals surface area contributed by atoms with Gasteiger partial charge in [0.1, 0.15) is 5.75 Å². The third-order valence-electron chi connectivity index (χ3n) is 2.23. The third kappa shape index (κ3) is 2.62. The minimum absolute atomic E-state index is 0.208. The largest absolute Gasteiger partial charge is 0.573 e. The predicted octanol–water partition coefficient (Wildman–Crippen LogP) is 2.75. The molecule has 1 fully saturated rings. The van der Waals surface area contributed by atoms with Crippen molar-refractivity contribution in [2.24, 2.45) is 5.73 Å².